The highest BCUT2D eigenvalue weighted by molar-refractivity contribution is 7.58. The summed E-state index contributed by atoms with van der Waals surface area (Å²) in [5, 5.41) is 0.637. The van der Waals surface area contributed by atoms with Gasteiger partial charge >= 0.3 is 7.60 Å². The Kier molecular flexibility index (Phi) is 3.87. The van der Waals surface area contributed by atoms with E-state index in [1.165, 1.54) is 14.2 Å². The molecule has 0 aliphatic heterocycles. The molecule has 0 atom stereocenters. The first-order valence-corrected chi connectivity index (χ1v) is 4.50. The third kappa shape index (κ3) is 1.94. The van der Waals surface area contributed by atoms with E-state index in [1.807, 2.05) is 0 Å². The number of hydrogen-bond donors (Lipinski definition) is 0. The van der Waals surface area contributed by atoms with E-state index in [1.54, 1.807) is 19.9 Å². The van der Waals surface area contributed by atoms with Gasteiger partial charge in [-0.1, -0.05) is 6.08 Å². The molecule has 0 rings (SSSR count). The summed E-state index contributed by atoms with van der Waals surface area (Å²) >= 11 is 0. The van der Waals surface area contributed by atoms with Gasteiger partial charge in [0.1, 0.15) is 0 Å². The van der Waals surface area contributed by atoms with Crippen molar-refractivity contribution in [3.05, 3.63) is 11.4 Å². The van der Waals surface area contributed by atoms with Crippen molar-refractivity contribution in [1.29, 1.82) is 0 Å². The highest BCUT2D eigenvalue weighted by Crippen LogP contribution is 2.54. The van der Waals surface area contributed by atoms with Crippen LogP contribution in [0.2, 0.25) is 0 Å². The van der Waals surface area contributed by atoms with Crippen LogP contribution in [0, 0.1) is 0 Å². The molecule has 4 heteroatoms. The Morgan fingerprint density at radius 1 is 1.40 bits per heavy atom. The Labute approximate surface area is 61.6 Å². The summed E-state index contributed by atoms with van der Waals surface area (Å²) in [6.07, 6.45) is 1.72. The van der Waals surface area contributed by atoms with Crippen molar-refractivity contribution < 1.29 is 13.6 Å². The van der Waals surface area contributed by atoms with Crippen LogP contribution in [0.3, 0.4) is 0 Å². The maximum Gasteiger partial charge on any atom is 0.356 e. The molecule has 0 fully saturated rings. The standard InChI is InChI=1S/C6H13O3P/c1-5-6(2)10(7,8-3)9-4/h5H,1-4H3/b6-5+. The smallest absolute Gasteiger partial charge is 0.309 e. The first-order chi connectivity index (χ1) is 4.60. The van der Waals surface area contributed by atoms with E-state index in [-0.39, 0.29) is 0 Å². The predicted molar refractivity (Wildman–Crippen MR) is 41.1 cm³/mol. The summed E-state index contributed by atoms with van der Waals surface area (Å²) in [5.41, 5.74) is 0. The normalized spacial score (nSPS) is 13.8. The van der Waals surface area contributed by atoms with E-state index in [9.17, 15) is 4.57 Å². The van der Waals surface area contributed by atoms with E-state index < -0.39 is 7.60 Å². The largest absolute Gasteiger partial charge is 0.356 e. The monoisotopic (exact) mass is 164 g/mol. The van der Waals surface area contributed by atoms with Crippen molar-refractivity contribution in [2.45, 2.75) is 13.8 Å². The fourth-order valence-corrected chi connectivity index (χ4v) is 1.56. The van der Waals surface area contributed by atoms with Crippen LogP contribution < -0.4 is 0 Å². The topological polar surface area (TPSA) is 35.5 Å². The van der Waals surface area contributed by atoms with E-state index in [0.29, 0.717) is 5.31 Å². The second-order valence-corrected chi connectivity index (χ2v) is 4.22. The minimum Gasteiger partial charge on any atom is -0.309 e. The minimum absolute atomic E-state index is 0.637. The van der Waals surface area contributed by atoms with Crippen LogP contribution >= 0.6 is 7.60 Å². The molecule has 0 saturated heterocycles. The summed E-state index contributed by atoms with van der Waals surface area (Å²) in [5.74, 6) is 0. The average Bonchev–Trinajstić information content (AvgIpc) is 2.01. The van der Waals surface area contributed by atoms with Gasteiger partial charge in [-0.05, 0) is 13.8 Å². The Bertz CT molecular complexity index is 166. The third-order valence-corrected chi connectivity index (χ3v) is 3.41. The lowest BCUT2D eigenvalue weighted by Crippen LogP contribution is -1.88. The van der Waals surface area contributed by atoms with Crippen LogP contribution in [-0.2, 0) is 13.6 Å². The molecule has 0 radical (unpaired) electrons. The number of allylic oxidation sites excluding steroid dienone is 2. The van der Waals surface area contributed by atoms with Crippen molar-refractivity contribution in [2.24, 2.45) is 0 Å². The van der Waals surface area contributed by atoms with Gasteiger partial charge in [0.2, 0.25) is 0 Å². The van der Waals surface area contributed by atoms with E-state index in [4.69, 9.17) is 9.05 Å². The van der Waals surface area contributed by atoms with E-state index >= 15 is 0 Å². The molecule has 0 aromatic rings. The minimum atomic E-state index is -2.91. The molecule has 0 heterocycles. The van der Waals surface area contributed by atoms with Gasteiger partial charge in [0.15, 0.2) is 0 Å². The molecule has 0 aromatic carbocycles. The summed E-state index contributed by atoms with van der Waals surface area (Å²) < 4.78 is 20.8. The lowest BCUT2D eigenvalue weighted by atomic mass is 10.6. The Balaban J connectivity index is 4.50. The average molecular weight is 164 g/mol. The fraction of sp³-hybridized carbons (Fsp3) is 0.667. The molecule has 0 N–H and O–H groups in total. The maximum atomic E-state index is 11.4. The predicted octanol–water partition coefficient (Wildman–Crippen LogP) is 2.40. The molecule has 0 bridgehead atoms. The van der Waals surface area contributed by atoms with Crippen LogP contribution in [0.1, 0.15) is 13.8 Å². The maximum absolute atomic E-state index is 11.4. The third-order valence-electron chi connectivity index (χ3n) is 1.33. The highest BCUT2D eigenvalue weighted by atomic mass is 31.2. The van der Waals surface area contributed by atoms with Gasteiger partial charge in [-0.2, -0.15) is 0 Å². The highest BCUT2D eigenvalue weighted by Gasteiger charge is 2.22. The van der Waals surface area contributed by atoms with Crippen LogP contribution in [0.5, 0.6) is 0 Å². The van der Waals surface area contributed by atoms with Crippen molar-refractivity contribution in [1.82, 2.24) is 0 Å². The van der Waals surface area contributed by atoms with Crippen molar-refractivity contribution in [2.75, 3.05) is 14.2 Å². The second-order valence-electron chi connectivity index (χ2n) is 1.79. The zero-order valence-corrected chi connectivity index (χ0v) is 7.64. The molecule has 0 amide bonds. The molecule has 0 unspecified atom stereocenters. The molecule has 60 valence electrons. The van der Waals surface area contributed by atoms with Gasteiger partial charge in [-0.25, -0.2) is 0 Å². The molecule has 0 saturated carbocycles. The van der Waals surface area contributed by atoms with Gasteiger partial charge in [0.25, 0.3) is 0 Å². The molecule has 3 nitrogen and oxygen atoms in total. The Hall–Kier alpha value is -0.110. The van der Waals surface area contributed by atoms with Gasteiger partial charge in [0, 0.05) is 19.5 Å². The lowest BCUT2D eigenvalue weighted by Gasteiger charge is -2.12. The fourth-order valence-electron chi connectivity index (χ4n) is 0.521. The van der Waals surface area contributed by atoms with Crippen LogP contribution in [0.4, 0.5) is 0 Å². The number of rotatable bonds is 3. The second kappa shape index (κ2) is 3.91. The van der Waals surface area contributed by atoms with Crippen LogP contribution in [0.25, 0.3) is 0 Å². The summed E-state index contributed by atoms with van der Waals surface area (Å²) in [6.45, 7) is 3.51. The summed E-state index contributed by atoms with van der Waals surface area (Å²) in [6, 6.07) is 0. The number of hydrogen-bond acceptors (Lipinski definition) is 3. The summed E-state index contributed by atoms with van der Waals surface area (Å²) in [4.78, 5) is 0. The van der Waals surface area contributed by atoms with Crippen molar-refractivity contribution in [3.63, 3.8) is 0 Å². The summed E-state index contributed by atoms with van der Waals surface area (Å²) in [7, 11) is -0.166. The Morgan fingerprint density at radius 2 is 1.80 bits per heavy atom. The van der Waals surface area contributed by atoms with Crippen LogP contribution in [-0.4, -0.2) is 14.2 Å². The molecular weight excluding hydrogens is 151 g/mol. The van der Waals surface area contributed by atoms with Gasteiger partial charge in [0.05, 0.1) is 0 Å². The van der Waals surface area contributed by atoms with E-state index in [0.717, 1.165) is 0 Å². The Morgan fingerprint density at radius 3 is 1.90 bits per heavy atom. The lowest BCUT2D eigenvalue weighted by molar-refractivity contribution is 0.283. The van der Waals surface area contributed by atoms with Crippen molar-refractivity contribution >= 4 is 7.60 Å². The van der Waals surface area contributed by atoms with Gasteiger partial charge in [-0.3, -0.25) is 4.57 Å². The van der Waals surface area contributed by atoms with Crippen molar-refractivity contribution in [3.8, 4) is 0 Å². The first kappa shape index (κ1) is 9.89. The molecular formula is C6H13O3P. The van der Waals surface area contributed by atoms with Gasteiger partial charge in [-0.15, -0.1) is 0 Å². The zero-order chi connectivity index (χ0) is 8.20. The molecule has 0 spiro atoms. The molecule has 0 aliphatic carbocycles. The first-order valence-electron chi connectivity index (χ1n) is 2.95. The SMILES string of the molecule is C/C=C(\C)P(=O)(OC)OC. The zero-order valence-electron chi connectivity index (χ0n) is 6.75. The quantitative estimate of drug-likeness (QED) is 0.601. The molecule has 0 aliphatic rings. The van der Waals surface area contributed by atoms with Crippen LogP contribution in [0.15, 0.2) is 11.4 Å². The van der Waals surface area contributed by atoms with E-state index in [2.05, 4.69) is 0 Å². The molecule has 0 aromatic heterocycles. The molecule has 10 heavy (non-hydrogen) atoms. The van der Waals surface area contributed by atoms with Gasteiger partial charge < -0.3 is 9.05 Å².